The standard InChI is InChI=1S/C19H24FN5O3S/c1-29(27,28)25-11-9-24(10-12-25)14-16-4-2-3-15(18(16)20)13-22-19(26)23-17-5-7-21-8-6-17/h2-8H,9-14H2,1H3,(H2,21,22,23,26). The number of carbonyl (C=O) groups is 1. The fourth-order valence-corrected chi connectivity index (χ4v) is 3.96. The smallest absolute Gasteiger partial charge is 0.319 e. The van der Waals surface area contributed by atoms with E-state index in [1.807, 2.05) is 4.90 Å². The normalized spacial score (nSPS) is 15.8. The topological polar surface area (TPSA) is 94.6 Å². The van der Waals surface area contributed by atoms with E-state index in [9.17, 15) is 17.6 Å². The van der Waals surface area contributed by atoms with E-state index in [4.69, 9.17) is 0 Å². The molecule has 2 amide bonds. The van der Waals surface area contributed by atoms with Crippen LogP contribution in [0.25, 0.3) is 0 Å². The van der Waals surface area contributed by atoms with Crippen LogP contribution in [-0.4, -0.2) is 61.1 Å². The highest BCUT2D eigenvalue weighted by atomic mass is 32.2. The zero-order valence-electron chi connectivity index (χ0n) is 16.1. The molecule has 1 aromatic carbocycles. The van der Waals surface area contributed by atoms with Gasteiger partial charge < -0.3 is 10.6 Å². The van der Waals surface area contributed by atoms with Gasteiger partial charge in [-0.1, -0.05) is 18.2 Å². The molecule has 0 saturated carbocycles. The number of anilines is 1. The molecular formula is C19H24FN5O3S. The quantitative estimate of drug-likeness (QED) is 0.739. The predicted molar refractivity (Wildman–Crippen MR) is 108 cm³/mol. The number of hydrogen-bond donors (Lipinski definition) is 2. The number of nitrogens with one attached hydrogen (secondary N) is 2. The molecule has 1 aromatic heterocycles. The predicted octanol–water partition coefficient (Wildman–Crippen LogP) is 1.62. The lowest BCUT2D eigenvalue weighted by Crippen LogP contribution is -2.47. The average molecular weight is 421 g/mol. The molecule has 0 bridgehead atoms. The Kier molecular flexibility index (Phi) is 6.78. The lowest BCUT2D eigenvalue weighted by molar-refractivity contribution is 0.180. The maximum absolute atomic E-state index is 14.9. The monoisotopic (exact) mass is 421 g/mol. The number of halogens is 1. The van der Waals surface area contributed by atoms with Gasteiger partial charge in [-0.2, -0.15) is 4.31 Å². The molecule has 0 radical (unpaired) electrons. The Morgan fingerprint density at radius 3 is 2.41 bits per heavy atom. The van der Waals surface area contributed by atoms with Crippen LogP contribution < -0.4 is 10.6 Å². The Hall–Kier alpha value is -2.56. The summed E-state index contributed by atoms with van der Waals surface area (Å²) in [4.78, 5) is 17.9. The number of aromatic nitrogens is 1. The first-order valence-corrected chi connectivity index (χ1v) is 11.1. The molecule has 1 aliphatic heterocycles. The number of sulfonamides is 1. The van der Waals surface area contributed by atoms with Gasteiger partial charge in [0, 0.05) is 68.5 Å². The molecule has 10 heteroatoms. The molecule has 2 aromatic rings. The number of pyridine rings is 1. The van der Waals surface area contributed by atoms with Crippen LogP contribution in [0.15, 0.2) is 42.7 Å². The molecule has 0 aliphatic carbocycles. The van der Waals surface area contributed by atoms with Crippen molar-refractivity contribution in [2.24, 2.45) is 0 Å². The lowest BCUT2D eigenvalue weighted by atomic mass is 10.1. The fourth-order valence-electron chi connectivity index (χ4n) is 3.14. The summed E-state index contributed by atoms with van der Waals surface area (Å²) >= 11 is 0. The zero-order valence-corrected chi connectivity index (χ0v) is 17.0. The minimum atomic E-state index is -3.19. The molecule has 8 nitrogen and oxygen atoms in total. The number of hydrogen-bond acceptors (Lipinski definition) is 5. The highest BCUT2D eigenvalue weighted by molar-refractivity contribution is 7.88. The van der Waals surface area contributed by atoms with Gasteiger partial charge in [0.05, 0.1) is 6.26 Å². The van der Waals surface area contributed by atoms with E-state index in [2.05, 4.69) is 15.6 Å². The van der Waals surface area contributed by atoms with Crippen LogP contribution >= 0.6 is 0 Å². The third-order valence-electron chi connectivity index (χ3n) is 4.73. The van der Waals surface area contributed by atoms with Crippen LogP contribution in [0.4, 0.5) is 14.9 Å². The molecule has 1 saturated heterocycles. The van der Waals surface area contributed by atoms with Gasteiger partial charge in [-0.05, 0) is 12.1 Å². The van der Waals surface area contributed by atoms with Crippen molar-refractivity contribution in [1.82, 2.24) is 19.5 Å². The molecule has 2 heterocycles. The number of amides is 2. The maximum Gasteiger partial charge on any atom is 0.319 e. The van der Waals surface area contributed by atoms with Crippen LogP contribution in [0.5, 0.6) is 0 Å². The van der Waals surface area contributed by atoms with Crippen molar-refractivity contribution in [2.45, 2.75) is 13.1 Å². The highest BCUT2D eigenvalue weighted by Crippen LogP contribution is 2.17. The molecule has 1 fully saturated rings. The summed E-state index contributed by atoms with van der Waals surface area (Å²) in [5.74, 6) is -0.359. The number of nitrogens with zero attached hydrogens (tertiary/aromatic N) is 3. The molecule has 0 unspecified atom stereocenters. The summed E-state index contributed by atoms with van der Waals surface area (Å²) in [7, 11) is -3.19. The summed E-state index contributed by atoms with van der Waals surface area (Å²) in [5.41, 5.74) is 1.51. The van der Waals surface area contributed by atoms with Crippen molar-refractivity contribution in [1.29, 1.82) is 0 Å². The van der Waals surface area contributed by atoms with Crippen LogP contribution in [0.1, 0.15) is 11.1 Å². The Bertz CT molecular complexity index is 948. The molecule has 156 valence electrons. The van der Waals surface area contributed by atoms with Gasteiger partial charge >= 0.3 is 6.03 Å². The van der Waals surface area contributed by atoms with Crippen LogP contribution in [0.2, 0.25) is 0 Å². The second kappa shape index (κ2) is 9.29. The number of urea groups is 1. The van der Waals surface area contributed by atoms with E-state index in [0.29, 0.717) is 49.5 Å². The second-order valence-corrected chi connectivity index (χ2v) is 8.85. The molecule has 1 aliphatic rings. The molecule has 29 heavy (non-hydrogen) atoms. The van der Waals surface area contributed by atoms with Crippen LogP contribution in [-0.2, 0) is 23.1 Å². The summed E-state index contributed by atoms with van der Waals surface area (Å²) < 4.78 is 39.5. The first kappa shape index (κ1) is 21.2. The summed E-state index contributed by atoms with van der Waals surface area (Å²) in [6.45, 7) is 2.33. The van der Waals surface area contributed by atoms with E-state index in [0.717, 1.165) is 0 Å². The van der Waals surface area contributed by atoms with Crippen molar-refractivity contribution in [3.63, 3.8) is 0 Å². The van der Waals surface area contributed by atoms with Gasteiger partial charge in [0.25, 0.3) is 0 Å². The Balaban J connectivity index is 1.55. The van der Waals surface area contributed by atoms with E-state index >= 15 is 0 Å². The Morgan fingerprint density at radius 2 is 1.76 bits per heavy atom. The van der Waals surface area contributed by atoms with Crippen molar-refractivity contribution >= 4 is 21.7 Å². The minimum absolute atomic E-state index is 0.0540. The van der Waals surface area contributed by atoms with E-state index < -0.39 is 16.1 Å². The lowest BCUT2D eigenvalue weighted by Gasteiger charge is -2.33. The summed E-state index contributed by atoms with van der Waals surface area (Å²) in [5, 5.41) is 5.30. The summed E-state index contributed by atoms with van der Waals surface area (Å²) in [6.07, 6.45) is 4.33. The number of benzene rings is 1. The Labute approximate surface area is 169 Å². The Morgan fingerprint density at radius 1 is 1.10 bits per heavy atom. The molecule has 0 atom stereocenters. The minimum Gasteiger partial charge on any atom is -0.334 e. The molecule has 2 N–H and O–H groups in total. The molecular weight excluding hydrogens is 397 g/mol. The number of piperazine rings is 1. The van der Waals surface area contributed by atoms with Gasteiger partial charge in [0.15, 0.2) is 0 Å². The van der Waals surface area contributed by atoms with E-state index in [1.54, 1.807) is 42.7 Å². The first-order chi connectivity index (χ1) is 13.8. The molecule has 3 rings (SSSR count). The van der Waals surface area contributed by atoms with Crippen molar-refractivity contribution < 1.29 is 17.6 Å². The third kappa shape index (κ3) is 5.96. The van der Waals surface area contributed by atoms with Gasteiger partial charge in [-0.3, -0.25) is 9.88 Å². The molecule has 0 spiro atoms. The number of rotatable bonds is 6. The van der Waals surface area contributed by atoms with Gasteiger partial charge in [-0.15, -0.1) is 0 Å². The summed E-state index contributed by atoms with van der Waals surface area (Å²) in [6, 6.07) is 7.97. The first-order valence-electron chi connectivity index (χ1n) is 9.21. The van der Waals surface area contributed by atoms with Gasteiger partial charge in [0.2, 0.25) is 10.0 Å². The maximum atomic E-state index is 14.9. The van der Waals surface area contributed by atoms with Crippen LogP contribution in [0.3, 0.4) is 0 Å². The second-order valence-electron chi connectivity index (χ2n) is 6.87. The van der Waals surface area contributed by atoms with Crippen molar-refractivity contribution in [2.75, 3.05) is 37.8 Å². The van der Waals surface area contributed by atoms with Gasteiger partial charge in [-0.25, -0.2) is 17.6 Å². The third-order valence-corrected chi connectivity index (χ3v) is 6.03. The van der Waals surface area contributed by atoms with Crippen LogP contribution in [0, 0.1) is 5.82 Å². The van der Waals surface area contributed by atoms with Gasteiger partial charge in [0.1, 0.15) is 5.82 Å². The average Bonchev–Trinajstić information content (AvgIpc) is 2.69. The highest BCUT2D eigenvalue weighted by Gasteiger charge is 2.24. The zero-order chi connectivity index (χ0) is 20.9. The largest absolute Gasteiger partial charge is 0.334 e. The SMILES string of the molecule is CS(=O)(=O)N1CCN(Cc2cccc(CNC(=O)Nc3ccncc3)c2F)CC1. The van der Waals surface area contributed by atoms with E-state index in [1.165, 1.54) is 10.6 Å². The van der Waals surface area contributed by atoms with Crippen molar-refractivity contribution in [3.05, 3.63) is 59.7 Å². The fraction of sp³-hybridized carbons (Fsp3) is 0.368. The van der Waals surface area contributed by atoms with E-state index in [-0.39, 0.29) is 12.4 Å². The number of carbonyl (C=O) groups excluding carboxylic acids is 1. The van der Waals surface area contributed by atoms with Crippen molar-refractivity contribution in [3.8, 4) is 0 Å².